The van der Waals surface area contributed by atoms with Crippen molar-refractivity contribution in [2.45, 2.75) is 38.8 Å². The molecule has 3 rings (SSSR count). The Morgan fingerprint density at radius 3 is 2.71 bits per heavy atom. The summed E-state index contributed by atoms with van der Waals surface area (Å²) in [6.45, 7) is 1.64. The average Bonchev–Trinajstić information content (AvgIpc) is 2.81. The number of pyridine rings is 1. The van der Waals surface area contributed by atoms with Crippen molar-refractivity contribution in [3.8, 4) is 0 Å². The molecule has 1 atom stereocenters. The molecule has 0 aromatic carbocycles. The molecule has 3 heterocycles. The zero-order chi connectivity index (χ0) is 15.3. The fraction of sp³-hybridized carbons (Fsp3) is 0.429. The van der Waals surface area contributed by atoms with Crippen LogP contribution in [0.25, 0.3) is 0 Å². The Hall–Kier alpha value is -2.44. The van der Waals surface area contributed by atoms with Gasteiger partial charge < -0.3 is 14.4 Å². The van der Waals surface area contributed by atoms with E-state index in [0.29, 0.717) is 6.42 Å². The van der Waals surface area contributed by atoms with Crippen LogP contribution >= 0.6 is 0 Å². The summed E-state index contributed by atoms with van der Waals surface area (Å²) < 4.78 is 6.17. The third-order valence-corrected chi connectivity index (χ3v) is 4.04. The van der Waals surface area contributed by atoms with Crippen LogP contribution in [0.15, 0.2) is 4.79 Å². The number of Topliss-reactive ketones (excluding diaryl/α,β-unsaturated/α-hetero) is 1. The van der Waals surface area contributed by atoms with Gasteiger partial charge in [0.05, 0.1) is 17.0 Å². The van der Waals surface area contributed by atoms with Crippen LogP contribution in [0.2, 0.25) is 0 Å². The first-order chi connectivity index (χ1) is 9.97. The van der Waals surface area contributed by atoms with E-state index >= 15 is 0 Å². The largest absolute Gasteiger partial charge is 0.478 e. The average molecular weight is 291 g/mol. The number of nitrogens with zero attached hydrogens (tertiary/aromatic N) is 1. The number of carbonyl (C=O) groups excluding carboxylic acids is 2. The maximum absolute atomic E-state index is 12.4. The highest BCUT2D eigenvalue weighted by Gasteiger charge is 2.40. The number of aromatic nitrogens is 1. The maximum Gasteiger partial charge on any atom is 0.338 e. The lowest BCUT2D eigenvalue weighted by Crippen LogP contribution is -2.36. The molecule has 2 aliphatic rings. The van der Waals surface area contributed by atoms with Gasteiger partial charge in [0.1, 0.15) is 12.3 Å². The van der Waals surface area contributed by atoms with Crippen molar-refractivity contribution in [1.82, 2.24) is 4.57 Å². The Morgan fingerprint density at radius 1 is 1.38 bits per heavy atom. The molecular weight excluding hydrogens is 278 g/mol. The van der Waals surface area contributed by atoms with Gasteiger partial charge in [-0.2, -0.15) is 0 Å². The second-order valence-electron chi connectivity index (χ2n) is 5.12. The summed E-state index contributed by atoms with van der Waals surface area (Å²) in [4.78, 5) is 47.9. The molecule has 0 fully saturated rings. The number of carbonyl (C=O) groups is 3. The molecule has 1 aromatic rings. The lowest BCUT2D eigenvalue weighted by molar-refractivity contribution is -0.148. The second-order valence-corrected chi connectivity index (χ2v) is 5.12. The SMILES string of the molecule is CCC1C(=O)OCc2c1c(C(=O)O)c1n(c2=O)CCC1=O. The van der Waals surface area contributed by atoms with Gasteiger partial charge in [-0.3, -0.25) is 14.4 Å². The van der Waals surface area contributed by atoms with Crippen LogP contribution in [-0.4, -0.2) is 27.4 Å². The molecule has 7 nitrogen and oxygen atoms in total. The van der Waals surface area contributed by atoms with Gasteiger partial charge in [-0.15, -0.1) is 0 Å². The van der Waals surface area contributed by atoms with Crippen LogP contribution in [0, 0.1) is 0 Å². The van der Waals surface area contributed by atoms with Crippen molar-refractivity contribution in [3.63, 3.8) is 0 Å². The van der Waals surface area contributed by atoms with Crippen molar-refractivity contribution in [2.24, 2.45) is 0 Å². The molecule has 21 heavy (non-hydrogen) atoms. The third kappa shape index (κ3) is 1.73. The minimum Gasteiger partial charge on any atom is -0.478 e. The van der Waals surface area contributed by atoms with Gasteiger partial charge in [-0.1, -0.05) is 6.92 Å². The van der Waals surface area contributed by atoms with Crippen molar-refractivity contribution in [1.29, 1.82) is 0 Å². The number of hydrogen-bond donors (Lipinski definition) is 1. The van der Waals surface area contributed by atoms with Gasteiger partial charge in [0.25, 0.3) is 5.56 Å². The fourth-order valence-corrected chi connectivity index (χ4v) is 3.10. The molecule has 1 unspecified atom stereocenters. The molecule has 0 radical (unpaired) electrons. The molecular formula is C14H13NO6. The summed E-state index contributed by atoms with van der Waals surface area (Å²) in [5.74, 6) is -3.03. The molecule has 0 spiro atoms. The van der Waals surface area contributed by atoms with Crippen molar-refractivity contribution >= 4 is 17.7 Å². The number of ether oxygens (including phenoxy) is 1. The van der Waals surface area contributed by atoms with Gasteiger partial charge in [-0.05, 0) is 12.0 Å². The quantitative estimate of drug-likeness (QED) is 0.804. The predicted molar refractivity (Wildman–Crippen MR) is 69.4 cm³/mol. The molecule has 7 heteroatoms. The van der Waals surface area contributed by atoms with Gasteiger partial charge in [0.15, 0.2) is 5.78 Å². The Balaban J connectivity index is 2.45. The number of hydrogen-bond acceptors (Lipinski definition) is 5. The van der Waals surface area contributed by atoms with E-state index in [1.54, 1.807) is 6.92 Å². The Morgan fingerprint density at radius 2 is 2.10 bits per heavy atom. The smallest absolute Gasteiger partial charge is 0.338 e. The summed E-state index contributed by atoms with van der Waals surface area (Å²) in [7, 11) is 0. The van der Waals surface area contributed by atoms with E-state index in [-0.39, 0.29) is 47.7 Å². The Kier molecular flexibility index (Phi) is 2.93. The molecule has 0 saturated heterocycles. The number of esters is 1. The summed E-state index contributed by atoms with van der Waals surface area (Å²) in [6.07, 6.45) is 0.410. The van der Waals surface area contributed by atoms with E-state index in [0.717, 1.165) is 0 Å². The summed E-state index contributed by atoms with van der Waals surface area (Å²) in [5, 5.41) is 9.49. The minimum absolute atomic E-state index is 0.0839. The van der Waals surface area contributed by atoms with E-state index < -0.39 is 23.4 Å². The first-order valence-electron chi connectivity index (χ1n) is 6.70. The summed E-state index contributed by atoms with van der Waals surface area (Å²) in [5.41, 5.74) is -0.387. The number of aromatic carboxylic acids is 1. The van der Waals surface area contributed by atoms with E-state index in [9.17, 15) is 24.3 Å². The van der Waals surface area contributed by atoms with Crippen LogP contribution in [-0.2, 0) is 22.7 Å². The van der Waals surface area contributed by atoms with Gasteiger partial charge in [0.2, 0.25) is 0 Å². The number of carboxylic acid groups (broad SMARTS) is 1. The van der Waals surface area contributed by atoms with E-state index in [1.807, 2.05) is 0 Å². The standard InChI is InChI=1S/C14H13NO6/c1-2-6-9-7(5-21-14(6)20)12(17)15-4-3-8(16)11(15)10(9)13(18)19/h6H,2-5H2,1H3,(H,18,19). The molecule has 0 amide bonds. The zero-order valence-electron chi connectivity index (χ0n) is 11.3. The maximum atomic E-state index is 12.4. The van der Waals surface area contributed by atoms with Crippen molar-refractivity contribution in [3.05, 3.63) is 32.7 Å². The van der Waals surface area contributed by atoms with Gasteiger partial charge >= 0.3 is 11.9 Å². The van der Waals surface area contributed by atoms with Crippen LogP contribution in [0.1, 0.15) is 57.7 Å². The lowest BCUT2D eigenvalue weighted by atomic mass is 9.86. The highest BCUT2D eigenvalue weighted by Crippen LogP contribution is 2.34. The monoisotopic (exact) mass is 291 g/mol. The first-order valence-corrected chi connectivity index (χ1v) is 6.70. The van der Waals surface area contributed by atoms with Crippen LogP contribution in [0.3, 0.4) is 0 Å². The minimum atomic E-state index is -1.29. The number of cyclic esters (lactones) is 1. The first kappa shape index (κ1) is 13.5. The molecule has 1 N–H and O–H groups in total. The van der Waals surface area contributed by atoms with Crippen LogP contribution in [0.5, 0.6) is 0 Å². The molecule has 0 aliphatic carbocycles. The molecule has 0 bridgehead atoms. The van der Waals surface area contributed by atoms with E-state index in [2.05, 4.69) is 0 Å². The number of ketones is 1. The molecule has 2 aliphatic heterocycles. The molecule has 1 aromatic heterocycles. The predicted octanol–water partition coefficient (Wildman–Crippen LogP) is 0.683. The number of rotatable bonds is 2. The number of carboxylic acids is 1. The Labute approximate surface area is 119 Å². The highest BCUT2D eigenvalue weighted by molar-refractivity contribution is 6.07. The Bertz CT molecular complexity index is 745. The van der Waals surface area contributed by atoms with Crippen molar-refractivity contribution in [2.75, 3.05) is 0 Å². The van der Waals surface area contributed by atoms with E-state index in [4.69, 9.17) is 4.74 Å². The molecule has 0 saturated carbocycles. The van der Waals surface area contributed by atoms with E-state index in [1.165, 1.54) is 4.57 Å². The van der Waals surface area contributed by atoms with Gasteiger partial charge in [0, 0.05) is 13.0 Å². The normalized spacial score (nSPS) is 20.0. The third-order valence-electron chi connectivity index (χ3n) is 4.04. The summed E-state index contributed by atoms with van der Waals surface area (Å²) >= 11 is 0. The van der Waals surface area contributed by atoms with Crippen molar-refractivity contribution < 1.29 is 24.2 Å². The second kappa shape index (κ2) is 4.54. The molecule has 110 valence electrons. The van der Waals surface area contributed by atoms with Crippen LogP contribution < -0.4 is 5.56 Å². The lowest BCUT2D eigenvalue weighted by Gasteiger charge is -2.26. The van der Waals surface area contributed by atoms with Gasteiger partial charge in [-0.25, -0.2) is 4.79 Å². The fourth-order valence-electron chi connectivity index (χ4n) is 3.10. The topological polar surface area (TPSA) is 103 Å². The zero-order valence-corrected chi connectivity index (χ0v) is 11.3. The van der Waals surface area contributed by atoms with Crippen LogP contribution in [0.4, 0.5) is 0 Å². The number of fused-ring (bicyclic) bond motifs is 2. The summed E-state index contributed by atoms with van der Waals surface area (Å²) in [6, 6.07) is 0. The highest BCUT2D eigenvalue weighted by atomic mass is 16.5.